The van der Waals surface area contributed by atoms with Crippen molar-refractivity contribution < 1.29 is 17.9 Å². The summed E-state index contributed by atoms with van der Waals surface area (Å²) in [6.45, 7) is 2.23. The molecule has 1 amide bonds. The molecule has 1 atom stereocenters. The van der Waals surface area contributed by atoms with E-state index in [2.05, 4.69) is 10.0 Å². The van der Waals surface area contributed by atoms with Crippen molar-refractivity contribution in [2.45, 2.75) is 19.6 Å². The van der Waals surface area contributed by atoms with Gasteiger partial charge in [-0.2, -0.15) is 0 Å². The Bertz CT molecular complexity index is 850. The molecular formula is C18H22N2O4S. The largest absolute Gasteiger partial charge is 0.380 e. The van der Waals surface area contributed by atoms with Gasteiger partial charge in [0.1, 0.15) is 0 Å². The molecule has 25 heavy (non-hydrogen) atoms. The number of ether oxygens (including phenoxy) is 1. The van der Waals surface area contributed by atoms with Gasteiger partial charge < -0.3 is 10.1 Å². The van der Waals surface area contributed by atoms with Crippen molar-refractivity contribution in [1.82, 2.24) is 5.32 Å². The fraction of sp³-hybridized carbons (Fsp3) is 0.278. The van der Waals surface area contributed by atoms with E-state index in [1.165, 1.54) is 0 Å². The summed E-state index contributed by atoms with van der Waals surface area (Å²) >= 11 is 0. The first-order valence-electron chi connectivity index (χ1n) is 7.75. The van der Waals surface area contributed by atoms with Crippen LogP contribution in [0, 0.1) is 0 Å². The Hall–Kier alpha value is -2.38. The number of amides is 1. The Labute approximate surface area is 148 Å². The van der Waals surface area contributed by atoms with E-state index in [1.807, 2.05) is 6.07 Å². The molecule has 2 rings (SSSR count). The van der Waals surface area contributed by atoms with Crippen molar-refractivity contribution in [1.29, 1.82) is 0 Å². The molecule has 0 bridgehead atoms. The molecule has 1 unspecified atom stereocenters. The second-order valence-electron chi connectivity index (χ2n) is 5.79. The molecule has 0 aliphatic carbocycles. The van der Waals surface area contributed by atoms with Crippen LogP contribution < -0.4 is 10.0 Å². The Morgan fingerprint density at radius 2 is 1.88 bits per heavy atom. The molecule has 0 fully saturated rings. The van der Waals surface area contributed by atoms with Crippen molar-refractivity contribution in [3.8, 4) is 0 Å². The maximum absolute atomic E-state index is 12.5. The summed E-state index contributed by atoms with van der Waals surface area (Å²) in [4.78, 5) is 12.5. The number of hydrogen-bond acceptors (Lipinski definition) is 4. The average Bonchev–Trinajstić information content (AvgIpc) is 2.54. The van der Waals surface area contributed by atoms with Gasteiger partial charge in [-0.15, -0.1) is 0 Å². The van der Waals surface area contributed by atoms with Crippen LogP contribution in [0.25, 0.3) is 0 Å². The van der Waals surface area contributed by atoms with Crippen molar-refractivity contribution in [3.63, 3.8) is 0 Å². The average molecular weight is 362 g/mol. The van der Waals surface area contributed by atoms with Crippen LogP contribution in [0.3, 0.4) is 0 Å². The number of hydrogen-bond donors (Lipinski definition) is 2. The Balaban J connectivity index is 2.18. The molecule has 7 heteroatoms. The fourth-order valence-corrected chi connectivity index (χ4v) is 3.08. The van der Waals surface area contributed by atoms with E-state index in [4.69, 9.17) is 4.74 Å². The van der Waals surface area contributed by atoms with Crippen LogP contribution in [-0.4, -0.2) is 27.7 Å². The van der Waals surface area contributed by atoms with E-state index in [-0.39, 0.29) is 11.9 Å². The number of carbonyl (C=O) groups excluding carboxylic acids is 1. The summed E-state index contributed by atoms with van der Waals surface area (Å²) in [5.74, 6) is -0.236. The monoisotopic (exact) mass is 362 g/mol. The number of para-hydroxylation sites is 1. The lowest BCUT2D eigenvalue weighted by atomic mass is 10.1. The summed E-state index contributed by atoms with van der Waals surface area (Å²) in [5.41, 5.74) is 2.57. The van der Waals surface area contributed by atoms with E-state index in [0.717, 1.165) is 11.8 Å². The first kappa shape index (κ1) is 19.0. The second-order valence-corrected chi connectivity index (χ2v) is 7.54. The van der Waals surface area contributed by atoms with Gasteiger partial charge in [0, 0.05) is 12.7 Å². The number of nitrogens with one attached hydrogen (secondary N) is 2. The van der Waals surface area contributed by atoms with E-state index in [0.29, 0.717) is 23.4 Å². The topological polar surface area (TPSA) is 84.5 Å². The molecule has 0 heterocycles. The minimum absolute atomic E-state index is 0.236. The summed E-state index contributed by atoms with van der Waals surface area (Å²) in [5, 5.41) is 2.89. The predicted octanol–water partition coefficient (Wildman–Crippen LogP) is 2.70. The fourth-order valence-electron chi connectivity index (χ4n) is 2.49. The number of carbonyl (C=O) groups is 1. The van der Waals surface area contributed by atoms with Crippen LogP contribution in [0.2, 0.25) is 0 Å². The van der Waals surface area contributed by atoms with Crippen molar-refractivity contribution in [3.05, 3.63) is 65.2 Å². The molecule has 2 aromatic carbocycles. The van der Waals surface area contributed by atoms with Gasteiger partial charge in [0.15, 0.2) is 0 Å². The van der Waals surface area contributed by atoms with Gasteiger partial charge in [-0.05, 0) is 36.2 Å². The van der Waals surface area contributed by atoms with Gasteiger partial charge in [0.05, 0.1) is 24.6 Å². The number of methoxy groups -OCH3 is 1. The molecule has 0 saturated carbocycles. The number of benzene rings is 2. The predicted molar refractivity (Wildman–Crippen MR) is 97.9 cm³/mol. The Morgan fingerprint density at radius 3 is 2.56 bits per heavy atom. The van der Waals surface area contributed by atoms with Crippen molar-refractivity contribution >= 4 is 21.6 Å². The van der Waals surface area contributed by atoms with Crippen molar-refractivity contribution in [2.75, 3.05) is 18.1 Å². The molecular weight excluding hydrogens is 340 g/mol. The van der Waals surface area contributed by atoms with Crippen molar-refractivity contribution in [2.24, 2.45) is 0 Å². The lowest BCUT2D eigenvalue weighted by Gasteiger charge is -2.18. The van der Waals surface area contributed by atoms with Gasteiger partial charge in [-0.25, -0.2) is 8.42 Å². The zero-order valence-corrected chi connectivity index (χ0v) is 15.3. The molecule has 2 aromatic rings. The maximum Gasteiger partial charge on any atom is 0.251 e. The van der Waals surface area contributed by atoms with Gasteiger partial charge in [0.25, 0.3) is 5.91 Å². The third-order valence-corrected chi connectivity index (χ3v) is 4.16. The summed E-state index contributed by atoms with van der Waals surface area (Å²) in [6.07, 6.45) is 1.09. The van der Waals surface area contributed by atoms with Gasteiger partial charge in [-0.1, -0.05) is 30.3 Å². The summed E-state index contributed by atoms with van der Waals surface area (Å²) in [7, 11) is -1.80. The van der Waals surface area contributed by atoms with Crippen LogP contribution in [0.15, 0.2) is 48.5 Å². The smallest absolute Gasteiger partial charge is 0.251 e. The highest BCUT2D eigenvalue weighted by atomic mass is 32.2. The van der Waals surface area contributed by atoms with Gasteiger partial charge >= 0.3 is 0 Å². The minimum atomic E-state index is -3.40. The summed E-state index contributed by atoms with van der Waals surface area (Å²) < 4.78 is 30.6. The molecule has 0 aliphatic heterocycles. The molecule has 6 nitrogen and oxygen atoms in total. The lowest BCUT2D eigenvalue weighted by Crippen LogP contribution is -2.27. The first-order chi connectivity index (χ1) is 11.8. The number of sulfonamides is 1. The van der Waals surface area contributed by atoms with E-state index >= 15 is 0 Å². The maximum atomic E-state index is 12.5. The van der Waals surface area contributed by atoms with Gasteiger partial charge in [0.2, 0.25) is 10.0 Å². The molecule has 2 N–H and O–H groups in total. The Morgan fingerprint density at radius 1 is 1.16 bits per heavy atom. The van der Waals surface area contributed by atoms with Crippen LogP contribution in [-0.2, 0) is 21.4 Å². The number of rotatable bonds is 7. The van der Waals surface area contributed by atoms with Crippen LogP contribution in [0.1, 0.15) is 34.5 Å². The second kappa shape index (κ2) is 8.13. The van der Waals surface area contributed by atoms with E-state index in [1.54, 1.807) is 56.5 Å². The minimum Gasteiger partial charge on any atom is -0.380 e. The highest BCUT2D eigenvalue weighted by molar-refractivity contribution is 7.92. The van der Waals surface area contributed by atoms with Crippen LogP contribution >= 0.6 is 0 Å². The highest BCUT2D eigenvalue weighted by Crippen LogP contribution is 2.23. The molecule has 0 aromatic heterocycles. The zero-order valence-electron chi connectivity index (χ0n) is 14.4. The normalized spacial score (nSPS) is 12.4. The highest BCUT2D eigenvalue weighted by Gasteiger charge is 2.16. The van der Waals surface area contributed by atoms with Crippen LogP contribution in [0.5, 0.6) is 0 Å². The third kappa shape index (κ3) is 5.58. The zero-order chi connectivity index (χ0) is 18.4. The number of anilines is 1. The molecule has 134 valence electrons. The molecule has 0 saturated heterocycles. The third-order valence-electron chi connectivity index (χ3n) is 3.57. The molecule has 0 aliphatic rings. The van der Waals surface area contributed by atoms with Crippen LogP contribution in [0.4, 0.5) is 5.69 Å². The van der Waals surface area contributed by atoms with E-state index in [9.17, 15) is 13.2 Å². The first-order valence-corrected chi connectivity index (χ1v) is 9.65. The summed E-state index contributed by atoms with van der Waals surface area (Å²) in [6, 6.07) is 13.8. The van der Waals surface area contributed by atoms with Gasteiger partial charge in [-0.3, -0.25) is 9.52 Å². The Kier molecular flexibility index (Phi) is 6.17. The molecule has 0 spiro atoms. The standard InChI is InChI=1S/C18H22N2O4S/c1-13(16-9-4-5-10-17(16)20-25(3,22)23)19-18(21)15-8-6-7-14(11-15)12-24-2/h4-11,13,20H,12H2,1-3H3,(H,19,21). The molecule has 0 radical (unpaired) electrons. The SMILES string of the molecule is COCc1cccc(C(=O)NC(C)c2ccccc2NS(C)(=O)=O)c1. The van der Waals surface area contributed by atoms with E-state index < -0.39 is 10.0 Å². The quantitative estimate of drug-likeness (QED) is 0.793. The lowest BCUT2D eigenvalue weighted by molar-refractivity contribution is 0.0939.